The normalized spacial score (nSPS) is 19.2. The lowest BCUT2D eigenvalue weighted by atomic mass is 10.2. The smallest absolute Gasteiger partial charge is 0.176 e. The fourth-order valence-corrected chi connectivity index (χ4v) is 1.64. The zero-order chi connectivity index (χ0) is 9.52. The molecule has 0 unspecified atom stereocenters. The lowest BCUT2D eigenvalue weighted by Crippen LogP contribution is -2.09. The standard InChI is InChI=1S/C10H17NOS/c1-3-5-7-10-8-9(6-4-2)11-13-12-10/h7-8,11H,3-6H2,1-2H3. The molecule has 13 heavy (non-hydrogen) atoms. The highest BCUT2D eigenvalue weighted by molar-refractivity contribution is 7.93. The summed E-state index contributed by atoms with van der Waals surface area (Å²) in [4.78, 5) is 0. The summed E-state index contributed by atoms with van der Waals surface area (Å²) in [6.07, 6.45) is 8.76. The molecule has 0 spiro atoms. The first-order valence-corrected chi connectivity index (χ1v) is 5.61. The second-order valence-electron chi connectivity index (χ2n) is 3.08. The van der Waals surface area contributed by atoms with Crippen molar-refractivity contribution in [1.82, 2.24) is 4.72 Å². The molecule has 1 aliphatic rings. The van der Waals surface area contributed by atoms with E-state index in [-0.39, 0.29) is 0 Å². The third-order valence-electron chi connectivity index (χ3n) is 1.78. The maximum atomic E-state index is 5.35. The average molecular weight is 199 g/mol. The fraction of sp³-hybridized carbons (Fsp3) is 0.600. The van der Waals surface area contributed by atoms with E-state index in [4.69, 9.17) is 4.18 Å². The molecule has 0 aromatic rings. The number of allylic oxidation sites excluding steroid dienone is 3. The Morgan fingerprint density at radius 3 is 3.00 bits per heavy atom. The highest BCUT2D eigenvalue weighted by Gasteiger charge is 2.06. The summed E-state index contributed by atoms with van der Waals surface area (Å²) >= 11 is 1.31. The Kier molecular flexibility index (Phi) is 4.83. The van der Waals surface area contributed by atoms with E-state index in [0.717, 1.165) is 18.6 Å². The van der Waals surface area contributed by atoms with Crippen molar-refractivity contribution in [2.45, 2.75) is 39.5 Å². The van der Waals surface area contributed by atoms with Crippen molar-refractivity contribution in [3.05, 3.63) is 23.6 Å². The van der Waals surface area contributed by atoms with Gasteiger partial charge in [-0.15, -0.1) is 0 Å². The van der Waals surface area contributed by atoms with Gasteiger partial charge in [-0.2, -0.15) is 0 Å². The van der Waals surface area contributed by atoms with E-state index >= 15 is 0 Å². The highest BCUT2D eigenvalue weighted by Crippen LogP contribution is 2.21. The average Bonchev–Trinajstić information content (AvgIpc) is 2.16. The summed E-state index contributed by atoms with van der Waals surface area (Å²) in [7, 11) is 0. The molecule has 1 aliphatic heterocycles. The van der Waals surface area contributed by atoms with Gasteiger partial charge >= 0.3 is 0 Å². The van der Waals surface area contributed by atoms with Gasteiger partial charge in [-0.25, -0.2) is 0 Å². The number of rotatable bonds is 4. The molecule has 1 N–H and O–H groups in total. The van der Waals surface area contributed by atoms with Gasteiger partial charge in [-0.05, 0) is 18.9 Å². The zero-order valence-corrected chi connectivity index (χ0v) is 9.12. The summed E-state index contributed by atoms with van der Waals surface area (Å²) in [5.41, 5.74) is 1.26. The van der Waals surface area contributed by atoms with Gasteiger partial charge in [-0.3, -0.25) is 0 Å². The summed E-state index contributed by atoms with van der Waals surface area (Å²) in [5.74, 6) is 0.994. The first-order chi connectivity index (χ1) is 6.36. The van der Waals surface area contributed by atoms with Gasteiger partial charge < -0.3 is 8.91 Å². The number of hydrogen-bond acceptors (Lipinski definition) is 3. The molecule has 0 fully saturated rings. The molecule has 2 nitrogen and oxygen atoms in total. The van der Waals surface area contributed by atoms with Crippen molar-refractivity contribution >= 4 is 12.2 Å². The molecule has 0 amide bonds. The van der Waals surface area contributed by atoms with E-state index in [2.05, 4.69) is 30.7 Å². The minimum atomic E-state index is 0.994. The molecular formula is C10H17NOS. The van der Waals surface area contributed by atoms with Crippen LogP contribution in [0.1, 0.15) is 39.5 Å². The molecule has 0 saturated carbocycles. The second-order valence-corrected chi connectivity index (χ2v) is 3.62. The molecule has 3 heteroatoms. The molecule has 74 valence electrons. The summed E-state index contributed by atoms with van der Waals surface area (Å²) in [5, 5.41) is 0. The van der Waals surface area contributed by atoms with Gasteiger partial charge in [0.1, 0.15) is 5.76 Å². The quantitative estimate of drug-likeness (QED) is 0.553. The Labute approximate surface area is 84.8 Å². The lowest BCUT2D eigenvalue weighted by Gasteiger charge is -2.15. The van der Waals surface area contributed by atoms with Crippen LogP contribution in [0.5, 0.6) is 0 Å². The molecule has 0 atom stereocenters. The van der Waals surface area contributed by atoms with E-state index in [9.17, 15) is 0 Å². The molecule has 1 rings (SSSR count). The van der Waals surface area contributed by atoms with Crippen LogP contribution < -0.4 is 4.72 Å². The van der Waals surface area contributed by atoms with Crippen molar-refractivity contribution in [1.29, 1.82) is 0 Å². The maximum Gasteiger partial charge on any atom is 0.176 e. The Hall–Kier alpha value is -0.570. The third-order valence-corrected chi connectivity index (χ3v) is 2.40. The van der Waals surface area contributed by atoms with Crippen LogP contribution in [0.15, 0.2) is 23.6 Å². The molecule has 0 aromatic heterocycles. The van der Waals surface area contributed by atoms with Crippen LogP contribution >= 0.6 is 12.2 Å². The van der Waals surface area contributed by atoms with Crippen molar-refractivity contribution in [2.75, 3.05) is 0 Å². The molecule has 0 aromatic carbocycles. The minimum absolute atomic E-state index is 0.994. The number of hydrogen-bond donors (Lipinski definition) is 1. The van der Waals surface area contributed by atoms with Crippen LogP contribution in [0.25, 0.3) is 0 Å². The predicted octanol–water partition coefficient (Wildman–Crippen LogP) is 3.54. The zero-order valence-electron chi connectivity index (χ0n) is 8.30. The van der Waals surface area contributed by atoms with Gasteiger partial charge in [0, 0.05) is 11.8 Å². The van der Waals surface area contributed by atoms with Crippen LogP contribution in [0.3, 0.4) is 0 Å². The third kappa shape index (κ3) is 3.77. The molecule has 0 aliphatic carbocycles. The van der Waals surface area contributed by atoms with E-state index in [1.807, 2.05) is 0 Å². The van der Waals surface area contributed by atoms with Gasteiger partial charge in [0.2, 0.25) is 0 Å². The van der Waals surface area contributed by atoms with Gasteiger partial charge in [0.25, 0.3) is 0 Å². The topological polar surface area (TPSA) is 21.3 Å². The van der Waals surface area contributed by atoms with Crippen molar-refractivity contribution < 1.29 is 4.18 Å². The first-order valence-electron chi connectivity index (χ1n) is 4.87. The Morgan fingerprint density at radius 1 is 1.46 bits per heavy atom. The van der Waals surface area contributed by atoms with Gasteiger partial charge in [0.15, 0.2) is 12.2 Å². The molecule has 0 bridgehead atoms. The Balaban J connectivity index is 2.51. The fourth-order valence-electron chi connectivity index (χ4n) is 1.12. The van der Waals surface area contributed by atoms with Crippen LogP contribution in [0, 0.1) is 0 Å². The van der Waals surface area contributed by atoms with Crippen LogP contribution in [0.2, 0.25) is 0 Å². The molecule has 0 radical (unpaired) electrons. The van der Waals surface area contributed by atoms with Gasteiger partial charge in [0.05, 0.1) is 0 Å². The summed E-state index contributed by atoms with van der Waals surface area (Å²) in [6, 6.07) is 0. The Morgan fingerprint density at radius 2 is 2.31 bits per heavy atom. The first kappa shape index (κ1) is 10.5. The molecule has 0 saturated heterocycles. The predicted molar refractivity (Wildman–Crippen MR) is 57.8 cm³/mol. The highest BCUT2D eigenvalue weighted by atomic mass is 32.2. The maximum absolute atomic E-state index is 5.35. The number of unbranched alkanes of at least 4 members (excludes halogenated alkanes) is 1. The van der Waals surface area contributed by atoms with Crippen molar-refractivity contribution in [2.24, 2.45) is 0 Å². The minimum Gasteiger partial charge on any atom is -0.406 e. The number of nitrogens with one attached hydrogen (secondary N) is 1. The summed E-state index contributed by atoms with van der Waals surface area (Å²) in [6.45, 7) is 4.35. The van der Waals surface area contributed by atoms with E-state index < -0.39 is 0 Å². The molecular weight excluding hydrogens is 182 g/mol. The van der Waals surface area contributed by atoms with E-state index in [1.54, 1.807) is 0 Å². The van der Waals surface area contributed by atoms with Crippen LogP contribution in [0.4, 0.5) is 0 Å². The van der Waals surface area contributed by atoms with E-state index in [0.29, 0.717) is 0 Å². The second kappa shape index (κ2) is 5.97. The monoisotopic (exact) mass is 199 g/mol. The Bertz CT molecular complexity index is 211. The summed E-state index contributed by atoms with van der Waals surface area (Å²) < 4.78 is 8.49. The van der Waals surface area contributed by atoms with Crippen molar-refractivity contribution in [3.63, 3.8) is 0 Å². The van der Waals surface area contributed by atoms with Crippen LogP contribution in [-0.4, -0.2) is 0 Å². The largest absolute Gasteiger partial charge is 0.406 e. The van der Waals surface area contributed by atoms with Crippen LogP contribution in [-0.2, 0) is 4.18 Å². The lowest BCUT2D eigenvalue weighted by molar-refractivity contribution is 0.501. The van der Waals surface area contributed by atoms with E-state index in [1.165, 1.54) is 30.8 Å². The SMILES string of the molecule is CCCC=C1C=C(CCC)NSO1. The molecule has 1 heterocycles. The van der Waals surface area contributed by atoms with Gasteiger partial charge in [-0.1, -0.05) is 26.7 Å². The van der Waals surface area contributed by atoms with Crippen molar-refractivity contribution in [3.8, 4) is 0 Å².